The van der Waals surface area contributed by atoms with Crippen molar-refractivity contribution in [1.82, 2.24) is 9.55 Å². The van der Waals surface area contributed by atoms with Crippen LogP contribution in [0, 0.1) is 4.77 Å². The Bertz CT molecular complexity index is 586. The molecule has 2 aromatic rings. The van der Waals surface area contributed by atoms with Gasteiger partial charge < -0.3 is 20.0 Å². The van der Waals surface area contributed by atoms with Gasteiger partial charge in [-0.25, -0.2) is 0 Å². The summed E-state index contributed by atoms with van der Waals surface area (Å²) in [6.07, 6.45) is 0. The van der Waals surface area contributed by atoms with E-state index < -0.39 is 0 Å². The molecular weight excluding hydrogens is 234 g/mol. The van der Waals surface area contributed by atoms with Crippen LogP contribution in [0.15, 0.2) is 24.3 Å². The standard InChI is InChI=1S/C12H15N3OS/c1-3-16-9-6-4-5-8(7-9)10-11(13)15(2)12(17)14-10/h4-7H,3,13H2,1-2H3,(H,14,17). The van der Waals surface area contributed by atoms with Crippen LogP contribution in [0.25, 0.3) is 11.3 Å². The smallest absolute Gasteiger partial charge is 0.178 e. The van der Waals surface area contributed by atoms with Crippen LogP contribution >= 0.6 is 12.2 Å². The molecule has 1 heterocycles. The number of rotatable bonds is 3. The lowest BCUT2D eigenvalue weighted by atomic mass is 10.1. The SMILES string of the molecule is CCOc1cccc(-c2[nH]c(=S)n(C)c2N)c1. The first-order valence-corrected chi connectivity index (χ1v) is 5.82. The number of ether oxygens (including phenoxy) is 1. The molecule has 4 nitrogen and oxygen atoms in total. The maximum Gasteiger partial charge on any atom is 0.178 e. The van der Waals surface area contributed by atoms with Crippen LogP contribution in [0.1, 0.15) is 6.92 Å². The molecule has 90 valence electrons. The van der Waals surface area contributed by atoms with Crippen LogP contribution in [0.3, 0.4) is 0 Å². The Morgan fingerprint density at radius 2 is 2.24 bits per heavy atom. The zero-order chi connectivity index (χ0) is 12.4. The second-order valence-electron chi connectivity index (χ2n) is 3.71. The van der Waals surface area contributed by atoms with Gasteiger partial charge in [-0.1, -0.05) is 12.1 Å². The second-order valence-corrected chi connectivity index (χ2v) is 4.10. The number of anilines is 1. The van der Waals surface area contributed by atoms with E-state index >= 15 is 0 Å². The monoisotopic (exact) mass is 249 g/mol. The molecule has 0 atom stereocenters. The minimum absolute atomic E-state index is 0.610. The van der Waals surface area contributed by atoms with Crippen LogP contribution in [0.2, 0.25) is 0 Å². The van der Waals surface area contributed by atoms with Crippen LogP contribution in [-0.4, -0.2) is 16.2 Å². The van der Waals surface area contributed by atoms with Gasteiger partial charge in [-0.2, -0.15) is 0 Å². The van der Waals surface area contributed by atoms with Gasteiger partial charge in [0.05, 0.1) is 12.3 Å². The number of imidazole rings is 1. The fourth-order valence-corrected chi connectivity index (χ4v) is 1.86. The Balaban J connectivity index is 2.49. The van der Waals surface area contributed by atoms with Gasteiger partial charge >= 0.3 is 0 Å². The van der Waals surface area contributed by atoms with Crippen molar-refractivity contribution in [2.24, 2.45) is 7.05 Å². The predicted molar refractivity (Wildman–Crippen MR) is 71.6 cm³/mol. The molecule has 0 bridgehead atoms. The third-order valence-electron chi connectivity index (χ3n) is 2.59. The number of nitrogens with one attached hydrogen (secondary N) is 1. The van der Waals surface area contributed by atoms with Crippen molar-refractivity contribution in [3.63, 3.8) is 0 Å². The largest absolute Gasteiger partial charge is 0.494 e. The van der Waals surface area contributed by atoms with Crippen molar-refractivity contribution < 1.29 is 4.74 Å². The summed E-state index contributed by atoms with van der Waals surface area (Å²) in [5, 5.41) is 0. The van der Waals surface area contributed by atoms with Crippen LogP contribution in [0.4, 0.5) is 5.82 Å². The maximum absolute atomic E-state index is 5.98. The average molecular weight is 249 g/mol. The molecule has 0 aliphatic rings. The quantitative estimate of drug-likeness (QED) is 0.822. The molecule has 0 saturated heterocycles. The lowest BCUT2D eigenvalue weighted by molar-refractivity contribution is 0.340. The van der Waals surface area contributed by atoms with Gasteiger partial charge in [0.1, 0.15) is 11.6 Å². The molecule has 17 heavy (non-hydrogen) atoms. The fourth-order valence-electron chi connectivity index (χ4n) is 1.66. The zero-order valence-electron chi connectivity index (χ0n) is 9.86. The highest BCUT2D eigenvalue weighted by molar-refractivity contribution is 7.71. The molecule has 0 spiro atoms. The van der Waals surface area contributed by atoms with Crippen molar-refractivity contribution in [2.45, 2.75) is 6.92 Å². The van der Waals surface area contributed by atoms with Crippen molar-refractivity contribution in [3.8, 4) is 17.0 Å². The van der Waals surface area contributed by atoms with Gasteiger partial charge in [0.25, 0.3) is 0 Å². The molecule has 0 radical (unpaired) electrons. The van der Waals surface area contributed by atoms with E-state index in [1.165, 1.54) is 0 Å². The van der Waals surface area contributed by atoms with Gasteiger partial charge in [0.2, 0.25) is 0 Å². The molecule has 0 unspecified atom stereocenters. The van der Waals surface area contributed by atoms with Crippen molar-refractivity contribution >= 4 is 18.0 Å². The molecule has 0 amide bonds. The first-order valence-electron chi connectivity index (χ1n) is 5.41. The Kier molecular flexibility index (Phi) is 3.19. The first-order chi connectivity index (χ1) is 8.13. The summed E-state index contributed by atoms with van der Waals surface area (Å²) in [5.74, 6) is 1.45. The zero-order valence-corrected chi connectivity index (χ0v) is 10.7. The maximum atomic E-state index is 5.98. The normalized spacial score (nSPS) is 10.5. The van der Waals surface area contributed by atoms with Crippen molar-refractivity contribution in [3.05, 3.63) is 29.0 Å². The molecular formula is C12H15N3OS. The first kappa shape index (κ1) is 11.7. The fraction of sp³-hybridized carbons (Fsp3) is 0.250. The summed E-state index contributed by atoms with van der Waals surface area (Å²) in [6.45, 7) is 2.60. The van der Waals surface area contributed by atoms with E-state index in [0.29, 0.717) is 17.2 Å². The Morgan fingerprint density at radius 3 is 2.82 bits per heavy atom. The molecule has 0 aliphatic carbocycles. The number of nitrogens with two attached hydrogens (primary N) is 1. The number of aromatic amines is 1. The van der Waals surface area contributed by atoms with Gasteiger partial charge in [0, 0.05) is 12.6 Å². The molecule has 3 N–H and O–H groups in total. The minimum atomic E-state index is 0.610. The van der Waals surface area contributed by atoms with E-state index in [9.17, 15) is 0 Å². The highest BCUT2D eigenvalue weighted by Gasteiger charge is 2.08. The van der Waals surface area contributed by atoms with E-state index in [1.807, 2.05) is 38.2 Å². The van der Waals surface area contributed by atoms with E-state index in [2.05, 4.69) is 4.98 Å². The second kappa shape index (κ2) is 4.63. The highest BCUT2D eigenvalue weighted by atomic mass is 32.1. The Morgan fingerprint density at radius 1 is 1.47 bits per heavy atom. The molecule has 0 fully saturated rings. The lowest BCUT2D eigenvalue weighted by Gasteiger charge is -2.05. The van der Waals surface area contributed by atoms with E-state index in [0.717, 1.165) is 17.0 Å². The van der Waals surface area contributed by atoms with Gasteiger partial charge in [-0.3, -0.25) is 0 Å². The lowest BCUT2D eigenvalue weighted by Crippen LogP contribution is -1.97. The molecule has 1 aromatic carbocycles. The molecule has 0 aliphatic heterocycles. The predicted octanol–water partition coefficient (Wildman–Crippen LogP) is 2.73. The summed E-state index contributed by atoms with van der Waals surface area (Å²) in [5.41, 5.74) is 7.79. The van der Waals surface area contributed by atoms with Crippen molar-refractivity contribution in [2.75, 3.05) is 12.3 Å². The average Bonchev–Trinajstić information content (AvgIpc) is 2.58. The summed E-state index contributed by atoms with van der Waals surface area (Å²) in [7, 11) is 1.84. The number of H-pyrrole nitrogens is 1. The Hall–Kier alpha value is -1.75. The van der Waals surface area contributed by atoms with E-state index in [1.54, 1.807) is 4.57 Å². The number of nitrogen functional groups attached to an aromatic ring is 1. The van der Waals surface area contributed by atoms with Crippen LogP contribution in [0.5, 0.6) is 5.75 Å². The summed E-state index contributed by atoms with van der Waals surface area (Å²) in [6, 6.07) is 7.77. The minimum Gasteiger partial charge on any atom is -0.494 e. The molecule has 0 saturated carbocycles. The Labute approximate surface area is 105 Å². The van der Waals surface area contributed by atoms with Crippen LogP contribution in [-0.2, 0) is 7.05 Å². The van der Waals surface area contributed by atoms with E-state index in [-0.39, 0.29) is 0 Å². The van der Waals surface area contributed by atoms with Gasteiger partial charge in [-0.15, -0.1) is 0 Å². The molecule has 1 aromatic heterocycles. The summed E-state index contributed by atoms with van der Waals surface area (Å²) < 4.78 is 7.82. The number of hydrogen-bond acceptors (Lipinski definition) is 3. The number of hydrogen-bond donors (Lipinski definition) is 2. The third kappa shape index (κ3) is 2.19. The van der Waals surface area contributed by atoms with Gasteiger partial charge in [0.15, 0.2) is 4.77 Å². The van der Waals surface area contributed by atoms with Gasteiger partial charge in [-0.05, 0) is 31.3 Å². The topological polar surface area (TPSA) is 56.0 Å². The van der Waals surface area contributed by atoms with Crippen LogP contribution < -0.4 is 10.5 Å². The molecule has 2 rings (SSSR count). The number of aromatic nitrogens is 2. The number of nitrogens with zero attached hydrogens (tertiary/aromatic N) is 1. The van der Waals surface area contributed by atoms with Crippen molar-refractivity contribution in [1.29, 1.82) is 0 Å². The van der Waals surface area contributed by atoms with E-state index in [4.69, 9.17) is 22.7 Å². The number of benzene rings is 1. The summed E-state index contributed by atoms with van der Waals surface area (Å²) in [4.78, 5) is 3.10. The highest BCUT2D eigenvalue weighted by Crippen LogP contribution is 2.27. The third-order valence-corrected chi connectivity index (χ3v) is 2.96. The molecule has 5 heteroatoms. The summed E-state index contributed by atoms with van der Waals surface area (Å²) >= 11 is 5.14.